The minimum absolute atomic E-state index is 0.0148. The average Bonchev–Trinajstić information content (AvgIpc) is 2.46. The first-order valence-corrected chi connectivity index (χ1v) is 6.28. The van der Waals surface area contributed by atoms with Crippen LogP contribution in [0.15, 0.2) is 48.5 Å². The van der Waals surface area contributed by atoms with Gasteiger partial charge in [-0.15, -0.1) is 0 Å². The highest BCUT2D eigenvalue weighted by Gasteiger charge is 2.12. The van der Waals surface area contributed by atoms with Crippen molar-refractivity contribution < 1.29 is 14.7 Å². The SMILES string of the molecule is Nc1ccc(C(=O)O)c(NC(=O)NCc2ccccc2)c1. The molecule has 6 nitrogen and oxygen atoms in total. The number of carboxylic acids is 1. The predicted octanol–water partition coefficient (Wildman–Crippen LogP) is 2.29. The lowest BCUT2D eigenvalue weighted by atomic mass is 10.1. The maximum Gasteiger partial charge on any atom is 0.337 e. The fourth-order valence-electron chi connectivity index (χ4n) is 1.80. The van der Waals surface area contributed by atoms with E-state index >= 15 is 0 Å². The molecular formula is C15H15N3O3. The van der Waals surface area contributed by atoms with Gasteiger partial charge in [-0.05, 0) is 23.8 Å². The second kappa shape index (κ2) is 6.42. The molecule has 108 valence electrons. The molecule has 0 saturated heterocycles. The van der Waals surface area contributed by atoms with E-state index in [2.05, 4.69) is 10.6 Å². The number of urea groups is 1. The molecule has 0 fully saturated rings. The topological polar surface area (TPSA) is 104 Å². The van der Waals surface area contributed by atoms with Crippen LogP contribution in [-0.4, -0.2) is 17.1 Å². The molecule has 0 unspecified atom stereocenters. The van der Waals surface area contributed by atoms with Crippen LogP contribution in [0.5, 0.6) is 0 Å². The molecule has 2 rings (SSSR count). The molecule has 0 atom stereocenters. The lowest BCUT2D eigenvalue weighted by molar-refractivity contribution is 0.0698. The van der Waals surface area contributed by atoms with E-state index < -0.39 is 12.0 Å². The molecule has 0 spiro atoms. The summed E-state index contributed by atoms with van der Waals surface area (Å²) in [7, 11) is 0. The van der Waals surface area contributed by atoms with Crippen LogP contribution in [-0.2, 0) is 6.54 Å². The number of carboxylic acid groups (broad SMARTS) is 1. The van der Waals surface area contributed by atoms with Crippen molar-refractivity contribution in [3.63, 3.8) is 0 Å². The van der Waals surface area contributed by atoms with Crippen molar-refractivity contribution in [2.24, 2.45) is 0 Å². The number of hydrogen-bond donors (Lipinski definition) is 4. The molecule has 0 aliphatic carbocycles. The Labute approximate surface area is 121 Å². The van der Waals surface area contributed by atoms with E-state index in [9.17, 15) is 9.59 Å². The highest BCUT2D eigenvalue weighted by atomic mass is 16.4. The molecule has 0 aromatic heterocycles. The number of carbonyl (C=O) groups excluding carboxylic acids is 1. The number of nitrogens with one attached hydrogen (secondary N) is 2. The van der Waals surface area contributed by atoms with Crippen LogP contribution in [0.2, 0.25) is 0 Å². The number of benzene rings is 2. The normalized spacial score (nSPS) is 9.90. The van der Waals surface area contributed by atoms with E-state index in [4.69, 9.17) is 10.8 Å². The Bertz CT molecular complexity index is 656. The largest absolute Gasteiger partial charge is 0.478 e. The van der Waals surface area contributed by atoms with E-state index in [-0.39, 0.29) is 11.3 Å². The third-order valence-corrected chi connectivity index (χ3v) is 2.82. The van der Waals surface area contributed by atoms with Gasteiger partial charge in [0.05, 0.1) is 11.3 Å². The summed E-state index contributed by atoms with van der Waals surface area (Å²) in [6.45, 7) is 0.345. The molecule has 0 bridgehead atoms. The van der Waals surface area contributed by atoms with E-state index in [1.807, 2.05) is 30.3 Å². The first kappa shape index (κ1) is 14.4. The molecule has 0 aliphatic heterocycles. The second-order valence-electron chi connectivity index (χ2n) is 4.40. The number of nitrogens with two attached hydrogens (primary N) is 1. The fraction of sp³-hybridized carbons (Fsp3) is 0.0667. The van der Waals surface area contributed by atoms with E-state index in [1.54, 1.807) is 0 Å². The summed E-state index contributed by atoms with van der Waals surface area (Å²) in [5, 5.41) is 14.2. The van der Waals surface area contributed by atoms with Crippen LogP contribution in [0.25, 0.3) is 0 Å². The zero-order valence-electron chi connectivity index (χ0n) is 11.2. The molecule has 21 heavy (non-hydrogen) atoms. The smallest absolute Gasteiger partial charge is 0.337 e. The van der Waals surface area contributed by atoms with Crippen molar-refractivity contribution in [3.8, 4) is 0 Å². The fourth-order valence-corrected chi connectivity index (χ4v) is 1.80. The average molecular weight is 285 g/mol. The van der Waals surface area contributed by atoms with Gasteiger partial charge in [0.2, 0.25) is 0 Å². The third kappa shape index (κ3) is 3.97. The number of amides is 2. The van der Waals surface area contributed by atoms with Crippen molar-refractivity contribution in [1.82, 2.24) is 5.32 Å². The summed E-state index contributed by atoms with van der Waals surface area (Å²) in [5.74, 6) is -1.13. The molecular weight excluding hydrogens is 270 g/mol. The van der Waals surface area contributed by atoms with Crippen molar-refractivity contribution in [2.45, 2.75) is 6.54 Å². The maximum absolute atomic E-state index is 11.8. The first-order valence-electron chi connectivity index (χ1n) is 6.28. The minimum Gasteiger partial charge on any atom is -0.478 e. The van der Waals surface area contributed by atoms with Gasteiger partial charge in [-0.2, -0.15) is 0 Å². The Morgan fingerprint density at radius 2 is 1.81 bits per heavy atom. The zero-order chi connectivity index (χ0) is 15.2. The van der Waals surface area contributed by atoms with E-state index in [0.29, 0.717) is 12.2 Å². The third-order valence-electron chi connectivity index (χ3n) is 2.82. The van der Waals surface area contributed by atoms with Crippen molar-refractivity contribution >= 4 is 23.4 Å². The van der Waals surface area contributed by atoms with Crippen molar-refractivity contribution in [1.29, 1.82) is 0 Å². The summed E-state index contributed by atoms with van der Waals surface area (Å²) < 4.78 is 0. The van der Waals surface area contributed by atoms with Crippen LogP contribution in [0.3, 0.4) is 0 Å². The number of rotatable bonds is 4. The van der Waals surface area contributed by atoms with Gasteiger partial charge >= 0.3 is 12.0 Å². The molecule has 0 heterocycles. The number of carbonyl (C=O) groups is 2. The first-order chi connectivity index (χ1) is 10.1. The lowest BCUT2D eigenvalue weighted by Crippen LogP contribution is -2.29. The predicted molar refractivity (Wildman–Crippen MR) is 80.1 cm³/mol. The van der Waals surface area contributed by atoms with Gasteiger partial charge in [0.15, 0.2) is 0 Å². The highest BCUT2D eigenvalue weighted by Crippen LogP contribution is 2.19. The quantitative estimate of drug-likeness (QED) is 0.647. The number of hydrogen-bond acceptors (Lipinski definition) is 3. The van der Waals surface area contributed by atoms with Crippen LogP contribution in [0.4, 0.5) is 16.2 Å². The summed E-state index contributed by atoms with van der Waals surface area (Å²) >= 11 is 0. The summed E-state index contributed by atoms with van der Waals surface area (Å²) in [6, 6.07) is 13.1. The number of anilines is 2. The number of aromatic carboxylic acids is 1. The molecule has 0 radical (unpaired) electrons. The van der Waals surface area contributed by atoms with Gasteiger partial charge in [-0.25, -0.2) is 9.59 Å². The Morgan fingerprint density at radius 1 is 1.10 bits per heavy atom. The van der Waals surface area contributed by atoms with Gasteiger partial charge in [0.1, 0.15) is 0 Å². The van der Waals surface area contributed by atoms with Crippen LogP contribution in [0, 0.1) is 0 Å². The van der Waals surface area contributed by atoms with Gasteiger partial charge in [0.25, 0.3) is 0 Å². The molecule has 0 aliphatic rings. The Hall–Kier alpha value is -3.02. The van der Waals surface area contributed by atoms with E-state index in [0.717, 1.165) is 5.56 Å². The Kier molecular flexibility index (Phi) is 4.40. The molecule has 2 amide bonds. The summed E-state index contributed by atoms with van der Waals surface area (Å²) in [4.78, 5) is 22.9. The van der Waals surface area contributed by atoms with Crippen molar-refractivity contribution in [3.05, 3.63) is 59.7 Å². The van der Waals surface area contributed by atoms with E-state index in [1.165, 1.54) is 18.2 Å². The number of nitrogen functional groups attached to an aromatic ring is 1. The molecule has 2 aromatic rings. The highest BCUT2D eigenvalue weighted by molar-refractivity contribution is 6.00. The van der Waals surface area contributed by atoms with Crippen molar-refractivity contribution in [2.75, 3.05) is 11.1 Å². The molecule has 0 saturated carbocycles. The van der Waals surface area contributed by atoms with Crippen LogP contribution >= 0.6 is 0 Å². The van der Waals surface area contributed by atoms with Crippen LogP contribution < -0.4 is 16.4 Å². The summed E-state index contributed by atoms with van der Waals surface area (Å²) in [5.41, 5.74) is 7.07. The van der Waals surface area contributed by atoms with Crippen LogP contribution in [0.1, 0.15) is 15.9 Å². The Morgan fingerprint density at radius 3 is 2.48 bits per heavy atom. The standard InChI is InChI=1S/C15H15N3O3/c16-11-6-7-12(14(19)20)13(8-11)18-15(21)17-9-10-4-2-1-3-5-10/h1-8H,9,16H2,(H,19,20)(H2,17,18,21). The summed E-state index contributed by atoms with van der Waals surface area (Å²) in [6.07, 6.45) is 0. The van der Waals surface area contributed by atoms with Gasteiger partial charge in [-0.1, -0.05) is 30.3 Å². The minimum atomic E-state index is -1.13. The second-order valence-corrected chi connectivity index (χ2v) is 4.40. The lowest BCUT2D eigenvalue weighted by Gasteiger charge is -2.10. The monoisotopic (exact) mass is 285 g/mol. The molecule has 2 aromatic carbocycles. The van der Waals surface area contributed by atoms with Gasteiger partial charge in [-0.3, -0.25) is 0 Å². The molecule has 5 N–H and O–H groups in total. The zero-order valence-corrected chi connectivity index (χ0v) is 11.2. The molecule has 6 heteroatoms. The maximum atomic E-state index is 11.8. The van der Waals surface area contributed by atoms with Gasteiger partial charge in [0, 0.05) is 12.2 Å². The Balaban J connectivity index is 2.02. The van der Waals surface area contributed by atoms with Gasteiger partial charge < -0.3 is 21.5 Å².